The molecule has 1 atom stereocenters. The molecule has 0 aromatic heterocycles. The number of carbonyl (C=O) groups is 2. The standard InChI is InChI=1S/C12H19N3O3/c16-10-12(3-4-13-8-12)14-11(17)15(10)7-9-1-5-18-6-2-9/h9,13H,1-8H2,(H,14,17). The molecule has 100 valence electrons. The van der Waals surface area contributed by atoms with Gasteiger partial charge in [0.1, 0.15) is 5.54 Å². The Balaban J connectivity index is 1.68. The third kappa shape index (κ3) is 1.89. The number of ether oxygens (including phenoxy) is 1. The van der Waals surface area contributed by atoms with Crippen LogP contribution in [0.2, 0.25) is 0 Å². The lowest BCUT2D eigenvalue weighted by Gasteiger charge is -2.26. The smallest absolute Gasteiger partial charge is 0.325 e. The molecule has 6 heteroatoms. The van der Waals surface area contributed by atoms with Gasteiger partial charge < -0.3 is 15.4 Å². The zero-order chi connectivity index (χ0) is 12.6. The lowest BCUT2D eigenvalue weighted by atomic mass is 9.97. The number of rotatable bonds is 2. The Hall–Kier alpha value is -1.14. The highest BCUT2D eigenvalue weighted by molar-refractivity contribution is 6.07. The molecule has 18 heavy (non-hydrogen) atoms. The molecule has 2 N–H and O–H groups in total. The normalized spacial score (nSPS) is 33.4. The molecule has 3 aliphatic rings. The van der Waals surface area contributed by atoms with E-state index in [9.17, 15) is 9.59 Å². The van der Waals surface area contributed by atoms with Crippen molar-refractivity contribution >= 4 is 11.9 Å². The van der Waals surface area contributed by atoms with Crippen molar-refractivity contribution in [3.8, 4) is 0 Å². The van der Waals surface area contributed by atoms with Gasteiger partial charge in [0.25, 0.3) is 5.91 Å². The van der Waals surface area contributed by atoms with Crippen LogP contribution >= 0.6 is 0 Å². The average Bonchev–Trinajstić information content (AvgIpc) is 2.93. The van der Waals surface area contributed by atoms with Gasteiger partial charge in [-0.3, -0.25) is 9.69 Å². The van der Waals surface area contributed by atoms with Gasteiger partial charge >= 0.3 is 6.03 Å². The van der Waals surface area contributed by atoms with E-state index in [0.717, 1.165) is 32.6 Å². The van der Waals surface area contributed by atoms with Crippen LogP contribution in [0.4, 0.5) is 4.79 Å². The lowest BCUT2D eigenvalue weighted by Crippen LogP contribution is -2.49. The van der Waals surface area contributed by atoms with Gasteiger partial charge in [-0.25, -0.2) is 4.79 Å². The second-order valence-corrected chi connectivity index (χ2v) is 5.41. The Bertz CT molecular complexity index is 360. The summed E-state index contributed by atoms with van der Waals surface area (Å²) >= 11 is 0. The molecular formula is C12H19N3O3. The van der Waals surface area contributed by atoms with E-state index in [2.05, 4.69) is 10.6 Å². The molecule has 3 rings (SSSR count). The number of nitrogens with zero attached hydrogens (tertiary/aromatic N) is 1. The van der Waals surface area contributed by atoms with Crippen molar-refractivity contribution in [2.24, 2.45) is 5.92 Å². The van der Waals surface area contributed by atoms with Crippen LogP contribution in [0.5, 0.6) is 0 Å². The summed E-state index contributed by atoms with van der Waals surface area (Å²) in [6.45, 7) is 3.36. The molecule has 0 radical (unpaired) electrons. The van der Waals surface area contributed by atoms with E-state index >= 15 is 0 Å². The molecule has 0 aromatic carbocycles. The van der Waals surface area contributed by atoms with E-state index < -0.39 is 5.54 Å². The molecule has 0 aromatic rings. The van der Waals surface area contributed by atoms with Crippen molar-refractivity contribution in [2.45, 2.75) is 24.8 Å². The minimum absolute atomic E-state index is 0.0519. The van der Waals surface area contributed by atoms with Gasteiger partial charge in [-0.2, -0.15) is 0 Å². The van der Waals surface area contributed by atoms with Crippen LogP contribution in [-0.4, -0.2) is 55.2 Å². The second kappa shape index (κ2) is 4.51. The van der Waals surface area contributed by atoms with Crippen molar-refractivity contribution in [1.29, 1.82) is 0 Å². The molecule has 6 nitrogen and oxygen atoms in total. The Kier molecular flexibility index (Phi) is 2.99. The minimum Gasteiger partial charge on any atom is -0.381 e. The first kappa shape index (κ1) is 11.9. The summed E-state index contributed by atoms with van der Waals surface area (Å²) in [6, 6.07) is -0.227. The van der Waals surface area contributed by atoms with E-state index in [-0.39, 0.29) is 11.9 Å². The van der Waals surface area contributed by atoms with Crippen LogP contribution in [0, 0.1) is 5.92 Å². The number of hydrogen-bond acceptors (Lipinski definition) is 4. The molecule has 1 unspecified atom stereocenters. The Morgan fingerprint density at radius 2 is 2.11 bits per heavy atom. The molecule has 0 bridgehead atoms. The summed E-state index contributed by atoms with van der Waals surface area (Å²) in [4.78, 5) is 25.7. The number of urea groups is 1. The maximum absolute atomic E-state index is 12.4. The molecular weight excluding hydrogens is 234 g/mol. The summed E-state index contributed by atoms with van der Waals surface area (Å²) in [7, 11) is 0. The highest BCUT2D eigenvalue weighted by Gasteiger charge is 2.52. The molecule has 0 saturated carbocycles. The van der Waals surface area contributed by atoms with Crippen molar-refractivity contribution in [3.05, 3.63) is 0 Å². The Labute approximate surface area is 106 Å². The number of carbonyl (C=O) groups excluding carboxylic acids is 2. The number of imide groups is 1. The first-order valence-corrected chi connectivity index (χ1v) is 6.64. The summed E-state index contributed by atoms with van der Waals surface area (Å²) in [5, 5.41) is 6.01. The molecule has 3 heterocycles. The fourth-order valence-electron chi connectivity index (χ4n) is 3.01. The zero-order valence-electron chi connectivity index (χ0n) is 10.4. The fraction of sp³-hybridized carbons (Fsp3) is 0.833. The molecule has 3 fully saturated rings. The average molecular weight is 253 g/mol. The summed E-state index contributed by atoms with van der Waals surface area (Å²) in [5.74, 6) is 0.335. The molecule has 3 saturated heterocycles. The van der Waals surface area contributed by atoms with Crippen LogP contribution < -0.4 is 10.6 Å². The third-order valence-corrected chi connectivity index (χ3v) is 4.18. The SMILES string of the molecule is O=C1NC2(CCNC2)C(=O)N1CC1CCOCC1. The zero-order valence-corrected chi connectivity index (χ0v) is 10.4. The maximum Gasteiger partial charge on any atom is 0.325 e. The summed E-state index contributed by atoms with van der Waals surface area (Å²) in [5.41, 5.74) is -0.664. The van der Waals surface area contributed by atoms with E-state index in [0.29, 0.717) is 25.4 Å². The maximum atomic E-state index is 12.4. The van der Waals surface area contributed by atoms with E-state index in [4.69, 9.17) is 4.74 Å². The Morgan fingerprint density at radius 1 is 1.33 bits per heavy atom. The predicted molar refractivity (Wildman–Crippen MR) is 64.0 cm³/mol. The molecule has 0 aliphatic carbocycles. The van der Waals surface area contributed by atoms with Crippen LogP contribution in [-0.2, 0) is 9.53 Å². The molecule has 3 aliphatic heterocycles. The van der Waals surface area contributed by atoms with Crippen LogP contribution in [0.3, 0.4) is 0 Å². The highest BCUT2D eigenvalue weighted by atomic mass is 16.5. The van der Waals surface area contributed by atoms with E-state index in [1.165, 1.54) is 4.90 Å². The van der Waals surface area contributed by atoms with Crippen LogP contribution in [0.1, 0.15) is 19.3 Å². The molecule has 3 amide bonds. The van der Waals surface area contributed by atoms with Gasteiger partial charge in [0.05, 0.1) is 0 Å². The predicted octanol–water partition coefficient (Wildman–Crippen LogP) is -0.303. The third-order valence-electron chi connectivity index (χ3n) is 4.18. The van der Waals surface area contributed by atoms with Gasteiger partial charge in [0.15, 0.2) is 0 Å². The number of hydrogen-bond donors (Lipinski definition) is 2. The van der Waals surface area contributed by atoms with Gasteiger partial charge in [0, 0.05) is 26.3 Å². The lowest BCUT2D eigenvalue weighted by molar-refractivity contribution is -0.131. The van der Waals surface area contributed by atoms with Crippen LogP contribution in [0.25, 0.3) is 0 Å². The minimum atomic E-state index is -0.664. The Morgan fingerprint density at radius 3 is 2.78 bits per heavy atom. The fourth-order valence-corrected chi connectivity index (χ4v) is 3.01. The largest absolute Gasteiger partial charge is 0.381 e. The monoisotopic (exact) mass is 253 g/mol. The van der Waals surface area contributed by atoms with E-state index in [1.54, 1.807) is 0 Å². The topological polar surface area (TPSA) is 70.7 Å². The van der Waals surface area contributed by atoms with Crippen molar-refractivity contribution in [2.75, 3.05) is 32.8 Å². The highest BCUT2D eigenvalue weighted by Crippen LogP contribution is 2.26. The van der Waals surface area contributed by atoms with Crippen molar-refractivity contribution in [3.63, 3.8) is 0 Å². The number of nitrogens with one attached hydrogen (secondary N) is 2. The second-order valence-electron chi connectivity index (χ2n) is 5.41. The van der Waals surface area contributed by atoms with Crippen molar-refractivity contribution in [1.82, 2.24) is 15.5 Å². The van der Waals surface area contributed by atoms with Crippen LogP contribution in [0.15, 0.2) is 0 Å². The first-order valence-electron chi connectivity index (χ1n) is 6.64. The summed E-state index contributed by atoms with van der Waals surface area (Å²) < 4.78 is 5.30. The van der Waals surface area contributed by atoms with E-state index in [1.807, 2.05) is 0 Å². The quantitative estimate of drug-likeness (QED) is 0.663. The molecule has 1 spiro atoms. The van der Waals surface area contributed by atoms with Gasteiger partial charge in [0.2, 0.25) is 0 Å². The summed E-state index contributed by atoms with van der Waals surface area (Å²) in [6.07, 6.45) is 2.56. The number of amides is 3. The first-order chi connectivity index (χ1) is 8.71. The van der Waals surface area contributed by atoms with Gasteiger partial charge in [-0.05, 0) is 31.7 Å². The van der Waals surface area contributed by atoms with Crippen molar-refractivity contribution < 1.29 is 14.3 Å². The van der Waals surface area contributed by atoms with Gasteiger partial charge in [-0.15, -0.1) is 0 Å². The van der Waals surface area contributed by atoms with Gasteiger partial charge in [-0.1, -0.05) is 0 Å².